The van der Waals surface area contributed by atoms with Crippen LogP contribution in [0.3, 0.4) is 0 Å². The first-order valence-corrected chi connectivity index (χ1v) is 38.4. The summed E-state index contributed by atoms with van der Waals surface area (Å²) >= 11 is 0. The Balaban J connectivity index is 0.00000896. The molecule has 0 aromatic heterocycles. The third-order valence-corrected chi connectivity index (χ3v) is 19.1. The second-order valence-electron chi connectivity index (χ2n) is 23.2. The maximum absolute atomic E-state index is 11.8. The van der Waals surface area contributed by atoms with E-state index in [0.717, 1.165) is 0 Å². The van der Waals surface area contributed by atoms with Gasteiger partial charge < -0.3 is 170 Å². The second-order valence-corrected chi connectivity index (χ2v) is 30.6. The van der Waals surface area contributed by atoms with Gasteiger partial charge in [0, 0.05) is 0 Å². The zero-order chi connectivity index (χ0) is 78.5. The van der Waals surface area contributed by atoms with Crippen molar-refractivity contribution in [2.75, 3.05) is 46.2 Å². The Morgan fingerprint density at radius 2 is 0.268 bits per heavy atom. The molecule has 21 heterocycles. The van der Waals surface area contributed by atoms with Crippen LogP contribution >= 0.6 is 0 Å². The zero-order valence-corrected chi connectivity index (χ0v) is 78.1. The van der Waals surface area contributed by atoms with Gasteiger partial charge in [-0.1, -0.05) is 0 Å². The van der Waals surface area contributed by atoms with Crippen LogP contribution in [0.1, 0.15) is 0 Å². The molecule has 21 aliphatic heterocycles. The van der Waals surface area contributed by atoms with E-state index in [-0.39, 0.29) is 207 Å². The molecule has 0 amide bonds. The number of ether oxygens (including phenoxy) is 14. The Hall–Kier alpha value is 4.97. The summed E-state index contributed by atoms with van der Waals surface area (Å²) in [6.07, 6.45) is -95.2. The van der Waals surface area contributed by atoms with Crippen LogP contribution in [0.4, 0.5) is 0 Å². The van der Waals surface area contributed by atoms with Crippen molar-refractivity contribution in [3.8, 4) is 0 Å². The summed E-state index contributed by atoms with van der Waals surface area (Å²) in [6, 6.07) is 0. The van der Waals surface area contributed by atoms with Crippen molar-refractivity contribution in [1.82, 2.24) is 0 Å². The van der Waals surface area contributed by atoms with Gasteiger partial charge in [0.1, 0.15) is 171 Å². The minimum absolute atomic E-state index is 0. The van der Waals surface area contributed by atoms with E-state index in [1.165, 1.54) is 0 Å². The summed E-state index contributed by atoms with van der Waals surface area (Å²) in [5.41, 5.74) is 0. The normalized spacial score (nSPS) is 42.1. The Morgan fingerprint density at radius 1 is 0.179 bits per heavy atom. The molecule has 0 saturated carbocycles. The van der Waals surface area contributed by atoms with E-state index in [1.54, 1.807) is 0 Å². The molecule has 14 bridgehead atoms. The minimum Gasteiger partial charge on any atom is -0.726 e. The summed E-state index contributed by atoms with van der Waals surface area (Å²) in [5.74, 6) is 0. The Labute approximate surface area is 788 Å². The third-order valence-electron chi connectivity index (χ3n) is 16.2. The standard InChI is InChI=1S/C42H70O56S7.7Na/c43-15-22(50)36-85-8(1-78-99(57,58)59)29(15)92-37-23(51)16(44)31(10(86-37)3-80-101(63,64)65)94-39-25(53)18(46)33(12(88-39)5-82-103(69,70)71)96-41-27(55)20(48)35(14(90-41)7-84-105(75,76)77)98-42-28(56)21(49)34(13(91-42)6-83-104(72,73)74)97-40-26(54)19(47)32(11(89-40)4-81-102(66,67)68)95-38-24(52)17(45)30(93-36)9(87-38)2-79-100(60,61)62;;;;;;;/h8-56H,1-7H2,(H,57,58,59)(H,60,61,62)(H,63,64,65)(H,66,67,68)(H,69,70,71)(H,72,73,74)(H,75,76,77);;;;;;;/q;7*+1/p-7/t8-,9-,10-,11-,12-,13-,14-,15-,16-,17-,18-,19-,20-,21-,22-,23-,24-,25-,26-,27-,28+,29-,30-,31-,32-,33-,34-,35-,36-,37-,38-,39-,40-,41-,42-;;;;;;;/m0......./s1. The molecule has 112 heavy (non-hydrogen) atoms. The van der Waals surface area contributed by atoms with E-state index >= 15 is 0 Å². The average molecular weight is 1850 g/mol. The van der Waals surface area contributed by atoms with E-state index < -0.39 is 334 Å². The van der Waals surface area contributed by atoms with Gasteiger partial charge in [-0.05, 0) is 0 Å². The van der Waals surface area contributed by atoms with Gasteiger partial charge in [-0.25, -0.2) is 58.9 Å². The molecule has 70 heteroatoms. The van der Waals surface area contributed by atoms with E-state index in [2.05, 4.69) is 29.3 Å². The first-order valence-electron chi connectivity index (χ1n) is 29.1. The van der Waals surface area contributed by atoms with Gasteiger partial charge in [-0.3, -0.25) is 29.3 Å². The van der Waals surface area contributed by atoms with Gasteiger partial charge >= 0.3 is 207 Å². The topological polar surface area (TPSA) is 877 Å². The molecule has 0 aromatic rings. The Bertz CT molecular complexity index is 3080. The summed E-state index contributed by atoms with van der Waals surface area (Å²) in [6.45, 7) is -12.2. The van der Waals surface area contributed by atoms with Crippen molar-refractivity contribution >= 4 is 72.8 Å². The van der Waals surface area contributed by atoms with Gasteiger partial charge in [-0.15, -0.1) is 0 Å². The first-order chi connectivity index (χ1) is 48.2. The van der Waals surface area contributed by atoms with Crippen LogP contribution in [-0.4, -0.2) is 423 Å². The smallest absolute Gasteiger partial charge is 0.726 e. The zero-order valence-electron chi connectivity index (χ0n) is 58.4. The van der Waals surface area contributed by atoms with Crippen molar-refractivity contribution in [2.24, 2.45) is 0 Å². The van der Waals surface area contributed by atoms with Crippen LogP contribution in [0.25, 0.3) is 0 Å². The van der Waals surface area contributed by atoms with Gasteiger partial charge in [0.2, 0.25) is 72.8 Å². The summed E-state index contributed by atoms with van der Waals surface area (Å²) in [7, 11) is -41.6. The average Bonchev–Trinajstić information content (AvgIpc) is 0.778. The van der Waals surface area contributed by atoms with E-state index in [1.807, 2.05) is 0 Å². The molecule has 56 nitrogen and oxygen atoms in total. The molecule has 21 fully saturated rings. The van der Waals surface area contributed by atoms with Crippen molar-refractivity contribution < 1.29 is 465 Å². The van der Waals surface area contributed by atoms with Crippen LogP contribution in [0.15, 0.2) is 0 Å². The van der Waals surface area contributed by atoms with Gasteiger partial charge in [0.15, 0.2) is 44.0 Å². The fraction of sp³-hybridized carbons (Fsp3) is 1.00. The van der Waals surface area contributed by atoms with Crippen LogP contribution < -0.4 is 207 Å². The van der Waals surface area contributed by atoms with Crippen molar-refractivity contribution in [2.45, 2.75) is 215 Å². The van der Waals surface area contributed by atoms with Crippen LogP contribution in [-0.2, 0) is 168 Å². The minimum atomic E-state index is -5.94. The van der Waals surface area contributed by atoms with Crippen LogP contribution in [0.2, 0.25) is 0 Å². The molecular formula is C42H63Na7O56S7. The fourth-order valence-electron chi connectivity index (χ4n) is 11.4. The third kappa shape index (κ3) is 32.3. The van der Waals surface area contributed by atoms with Crippen molar-refractivity contribution in [3.05, 3.63) is 0 Å². The maximum Gasteiger partial charge on any atom is 1.00 e. The van der Waals surface area contributed by atoms with E-state index in [4.69, 9.17) is 66.3 Å². The maximum atomic E-state index is 11.8. The largest absolute Gasteiger partial charge is 1.00 e. The van der Waals surface area contributed by atoms with Gasteiger partial charge in [-0.2, -0.15) is 0 Å². The van der Waals surface area contributed by atoms with Gasteiger partial charge in [0.25, 0.3) is 0 Å². The predicted octanol–water partition coefficient (Wildman–Crippen LogP) is -39.8. The number of hydrogen-bond donors (Lipinski definition) is 14. The monoisotopic (exact) mass is 1850 g/mol. The molecular weight excluding hydrogens is 1790 g/mol. The van der Waals surface area contributed by atoms with Gasteiger partial charge in [0.05, 0.1) is 46.2 Å². The quantitative estimate of drug-likeness (QED) is 0.0288. The fourth-order valence-corrected chi connectivity index (χ4v) is 13.5. The molecule has 0 radical (unpaired) electrons. The summed E-state index contributed by atoms with van der Waals surface area (Å²) in [5, 5.41) is 162. The second kappa shape index (κ2) is 47.3. The van der Waals surface area contributed by atoms with Crippen molar-refractivity contribution in [1.29, 1.82) is 0 Å². The summed E-state index contributed by atoms with van der Waals surface area (Å²) < 4.78 is 355. The Morgan fingerprint density at radius 3 is 0.348 bits per heavy atom. The van der Waals surface area contributed by atoms with Crippen LogP contribution in [0.5, 0.6) is 0 Å². The predicted molar refractivity (Wildman–Crippen MR) is 288 cm³/mol. The molecule has 616 valence electrons. The van der Waals surface area contributed by atoms with E-state index in [0.29, 0.717) is 0 Å². The molecule has 21 rings (SSSR count). The number of rotatable bonds is 21. The van der Waals surface area contributed by atoms with E-state index in [9.17, 15) is 162 Å². The molecule has 0 unspecified atom stereocenters. The number of aliphatic hydroxyl groups excluding tert-OH is 14. The molecule has 0 aromatic carbocycles. The summed E-state index contributed by atoms with van der Waals surface area (Å²) in [4.78, 5) is 0. The molecule has 0 spiro atoms. The molecule has 21 saturated heterocycles. The van der Waals surface area contributed by atoms with Crippen LogP contribution in [0, 0.1) is 0 Å². The first kappa shape index (κ1) is 115. The molecule has 21 aliphatic rings. The molecule has 35 atom stereocenters. The number of hydrogen-bond acceptors (Lipinski definition) is 56. The SMILES string of the molecule is O=S(=O)([O-])OC[C@@H]1O[C@H]2O[C@@H]3[C@@H](O)[C@H](O)[C@H](O[C@@H]4[C@@H](O)[C@H](O)[C@H](O[C@@H]5[C@@H](O)[C@@H](O)[C@H](O[C@@H]6[C@@H](O)[C@H](O)[C@H](O[C@@H]7[C@@H](O)[C@H](O)[C@H](O[C@@H]8[C@@H](O)[C@H](O)[C@H](O[C@@H]1[C@@H](O)[C@@H]2O)O[C@H]8COS(=O)(=O)[O-])O[C@H]7COS(=O)(=O)[O-])O[C@H]6COS(=O)(=O)[O-])O[C@H]5COS(=O)(=O)[O-])O[C@H]4COS(=O)(=O)[O-])O[C@H]3COS(=O)(=O)[O-].[Na+].[Na+].[Na+].[Na+].[Na+].[Na+].[Na+]. The van der Waals surface area contributed by atoms with Crippen molar-refractivity contribution in [3.63, 3.8) is 0 Å². The number of aliphatic hydroxyl groups is 14. The molecule has 0 aliphatic carbocycles. The Kier molecular flexibility index (Phi) is 48.6. The molecule has 14 N–H and O–H groups in total.